The summed E-state index contributed by atoms with van der Waals surface area (Å²) < 4.78 is 34.0. The van der Waals surface area contributed by atoms with Crippen LogP contribution in [0.5, 0.6) is 5.75 Å². The van der Waals surface area contributed by atoms with Crippen LogP contribution in [0.1, 0.15) is 0 Å². The quantitative estimate of drug-likeness (QED) is 0.613. The average Bonchev–Trinajstić information content (AvgIpc) is 2.15. The van der Waals surface area contributed by atoms with Crippen molar-refractivity contribution in [3.8, 4) is 5.75 Å². The van der Waals surface area contributed by atoms with Crippen molar-refractivity contribution in [1.82, 2.24) is 0 Å². The lowest BCUT2D eigenvalue weighted by atomic mass is 10.1. The second-order valence-electron chi connectivity index (χ2n) is 3.24. The maximum absolute atomic E-state index is 10.5. The standard InChI is InChI=1S/C10H9NO4S/c11-10-6-8(15-16(12,13)14)5-7-3-1-2-4-9(7)10/h1-6H,11H2,(H,12,13,14). The van der Waals surface area contributed by atoms with E-state index in [1.165, 1.54) is 12.1 Å². The van der Waals surface area contributed by atoms with Gasteiger partial charge in [0.15, 0.2) is 0 Å². The van der Waals surface area contributed by atoms with Gasteiger partial charge in [-0.2, -0.15) is 8.42 Å². The third kappa shape index (κ3) is 2.23. The first-order chi connectivity index (χ1) is 7.46. The van der Waals surface area contributed by atoms with E-state index in [1.54, 1.807) is 12.1 Å². The number of nitrogen functional groups attached to an aromatic ring is 1. The summed E-state index contributed by atoms with van der Waals surface area (Å²) in [5, 5.41) is 1.53. The Morgan fingerprint density at radius 3 is 2.56 bits per heavy atom. The van der Waals surface area contributed by atoms with Gasteiger partial charge in [0.1, 0.15) is 5.75 Å². The highest BCUT2D eigenvalue weighted by Crippen LogP contribution is 2.27. The number of nitrogens with two attached hydrogens (primary N) is 1. The Morgan fingerprint density at radius 2 is 1.88 bits per heavy atom. The van der Waals surface area contributed by atoms with Gasteiger partial charge in [0.25, 0.3) is 0 Å². The molecule has 3 N–H and O–H groups in total. The number of benzene rings is 2. The topological polar surface area (TPSA) is 89.6 Å². The number of anilines is 1. The third-order valence-corrected chi connectivity index (χ3v) is 2.47. The van der Waals surface area contributed by atoms with E-state index < -0.39 is 10.4 Å². The number of hydrogen-bond donors (Lipinski definition) is 2. The van der Waals surface area contributed by atoms with Crippen molar-refractivity contribution in [3.05, 3.63) is 36.4 Å². The van der Waals surface area contributed by atoms with Crippen LogP contribution in [-0.2, 0) is 10.4 Å². The van der Waals surface area contributed by atoms with Crippen molar-refractivity contribution in [1.29, 1.82) is 0 Å². The van der Waals surface area contributed by atoms with Crippen molar-refractivity contribution in [2.45, 2.75) is 0 Å². The minimum Gasteiger partial charge on any atom is -0.398 e. The molecule has 0 heterocycles. The van der Waals surface area contributed by atoms with Gasteiger partial charge in [-0.1, -0.05) is 24.3 Å². The first kappa shape index (κ1) is 10.7. The maximum atomic E-state index is 10.5. The summed E-state index contributed by atoms with van der Waals surface area (Å²) in [5.74, 6) is -0.0151. The Morgan fingerprint density at radius 1 is 1.19 bits per heavy atom. The molecule has 0 unspecified atom stereocenters. The Bertz CT molecular complexity index is 636. The van der Waals surface area contributed by atoms with Crippen LogP contribution in [0, 0.1) is 0 Å². The predicted molar refractivity (Wildman–Crippen MR) is 60.5 cm³/mol. The molecular weight excluding hydrogens is 230 g/mol. The Kier molecular flexibility index (Phi) is 2.45. The number of hydrogen-bond acceptors (Lipinski definition) is 4. The van der Waals surface area contributed by atoms with Crippen LogP contribution in [0.4, 0.5) is 5.69 Å². The van der Waals surface area contributed by atoms with E-state index in [1.807, 2.05) is 12.1 Å². The summed E-state index contributed by atoms with van der Waals surface area (Å²) in [6.45, 7) is 0. The summed E-state index contributed by atoms with van der Waals surface area (Å²) >= 11 is 0. The van der Waals surface area contributed by atoms with Crippen molar-refractivity contribution in [2.24, 2.45) is 0 Å². The van der Waals surface area contributed by atoms with Crippen molar-refractivity contribution < 1.29 is 17.2 Å². The molecular formula is C10H9NO4S. The second-order valence-corrected chi connectivity index (χ2v) is 4.27. The summed E-state index contributed by atoms with van der Waals surface area (Å²) in [6.07, 6.45) is 0. The van der Waals surface area contributed by atoms with Crippen LogP contribution in [0.3, 0.4) is 0 Å². The zero-order valence-corrected chi connectivity index (χ0v) is 8.94. The molecule has 0 amide bonds. The van der Waals surface area contributed by atoms with E-state index in [0.29, 0.717) is 5.69 Å². The lowest BCUT2D eigenvalue weighted by Crippen LogP contribution is -2.06. The van der Waals surface area contributed by atoms with Crippen LogP contribution in [0.2, 0.25) is 0 Å². The molecule has 0 atom stereocenters. The van der Waals surface area contributed by atoms with Crippen LogP contribution < -0.4 is 9.92 Å². The zero-order chi connectivity index (χ0) is 11.8. The summed E-state index contributed by atoms with van der Waals surface area (Å²) in [6, 6.07) is 10.0. The van der Waals surface area contributed by atoms with Gasteiger partial charge in [0.2, 0.25) is 0 Å². The van der Waals surface area contributed by atoms with Crippen molar-refractivity contribution in [3.63, 3.8) is 0 Å². The molecule has 0 radical (unpaired) electrons. The fourth-order valence-electron chi connectivity index (χ4n) is 1.48. The SMILES string of the molecule is Nc1cc(OS(=O)(=O)O)cc2ccccc12. The van der Waals surface area contributed by atoms with Crippen LogP contribution in [-0.4, -0.2) is 13.0 Å². The van der Waals surface area contributed by atoms with Gasteiger partial charge in [0.05, 0.1) is 0 Å². The highest BCUT2D eigenvalue weighted by atomic mass is 32.3. The van der Waals surface area contributed by atoms with Gasteiger partial charge in [-0.3, -0.25) is 4.55 Å². The molecule has 2 rings (SSSR count). The first-order valence-corrected chi connectivity index (χ1v) is 5.77. The van der Waals surface area contributed by atoms with Crippen LogP contribution in [0.25, 0.3) is 10.8 Å². The van der Waals surface area contributed by atoms with E-state index in [4.69, 9.17) is 10.3 Å². The Hall–Kier alpha value is -1.79. The highest BCUT2D eigenvalue weighted by Gasteiger charge is 2.09. The molecule has 16 heavy (non-hydrogen) atoms. The maximum Gasteiger partial charge on any atom is 0.446 e. The van der Waals surface area contributed by atoms with Gasteiger partial charge in [0, 0.05) is 17.1 Å². The fraction of sp³-hybridized carbons (Fsp3) is 0. The number of rotatable bonds is 2. The van der Waals surface area contributed by atoms with Crippen molar-refractivity contribution >= 4 is 26.9 Å². The van der Waals surface area contributed by atoms with Gasteiger partial charge < -0.3 is 9.92 Å². The van der Waals surface area contributed by atoms with Crippen LogP contribution >= 0.6 is 0 Å². The van der Waals surface area contributed by atoms with Crippen molar-refractivity contribution in [2.75, 3.05) is 5.73 Å². The van der Waals surface area contributed by atoms with Crippen LogP contribution in [0.15, 0.2) is 36.4 Å². The first-order valence-electron chi connectivity index (χ1n) is 4.41. The largest absolute Gasteiger partial charge is 0.446 e. The monoisotopic (exact) mass is 239 g/mol. The molecule has 0 aromatic heterocycles. The molecule has 0 bridgehead atoms. The van der Waals surface area contributed by atoms with E-state index >= 15 is 0 Å². The molecule has 84 valence electrons. The van der Waals surface area contributed by atoms with Gasteiger partial charge >= 0.3 is 10.4 Å². The number of fused-ring (bicyclic) bond motifs is 1. The van der Waals surface area contributed by atoms with Gasteiger partial charge in [-0.05, 0) is 11.5 Å². The average molecular weight is 239 g/mol. The molecule has 0 saturated carbocycles. The van der Waals surface area contributed by atoms with E-state index in [9.17, 15) is 8.42 Å². The smallest absolute Gasteiger partial charge is 0.398 e. The molecule has 0 aliphatic heterocycles. The molecule has 2 aromatic rings. The lowest BCUT2D eigenvalue weighted by Gasteiger charge is -2.06. The molecule has 0 saturated heterocycles. The molecule has 6 heteroatoms. The van der Waals surface area contributed by atoms with E-state index in [2.05, 4.69) is 4.18 Å². The lowest BCUT2D eigenvalue weighted by molar-refractivity contribution is 0.387. The molecule has 2 aromatic carbocycles. The summed E-state index contributed by atoms with van der Waals surface area (Å²) in [7, 11) is -4.52. The van der Waals surface area contributed by atoms with Gasteiger partial charge in [-0.15, -0.1) is 0 Å². The molecule has 0 aliphatic rings. The third-order valence-electron chi connectivity index (χ3n) is 2.07. The Labute approximate surface area is 92.4 Å². The molecule has 0 spiro atoms. The molecule has 0 fully saturated rings. The molecule has 5 nitrogen and oxygen atoms in total. The summed E-state index contributed by atoms with van der Waals surface area (Å²) in [4.78, 5) is 0. The minimum atomic E-state index is -4.52. The highest BCUT2D eigenvalue weighted by molar-refractivity contribution is 7.81. The van der Waals surface area contributed by atoms with E-state index in [0.717, 1.165) is 10.8 Å². The predicted octanol–water partition coefficient (Wildman–Crippen LogP) is 1.60. The van der Waals surface area contributed by atoms with E-state index in [-0.39, 0.29) is 5.75 Å². The molecule has 0 aliphatic carbocycles. The normalized spacial score (nSPS) is 11.6. The zero-order valence-electron chi connectivity index (χ0n) is 8.12. The fourth-order valence-corrected chi connectivity index (χ4v) is 1.82. The minimum absolute atomic E-state index is 0.0151. The van der Waals surface area contributed by atoms with Gasteiger partial charge in [-0.25, -0.2) is 0 Å². The summed E-state index contributed by atoms with van der Waals surface area (Å²) in [5.41, 5.74) is 6.11. The Balaban J connectivity index is 2.58. The second kappa shape index (κ2) is 3.66.